The van der Waals surface area contributed by atoms with Crippen LogP contribution in [0.5, 0.6) is 11.6 Å². The number of carbonyl (C=O) groups is 1. The quantitative estimate of drug-likeness (QED) is 0.441. The van der Waals surface area contributed by atoms with Gasteiger partial charge in [-0.2, -0.15) is 0 Å². The second-order valence-corrected chi connectivity index (χ2v) is 7.55. The molecule has 2 heterocycles. The number of anilines is 1. The van der Waals surface area contributed by atoms with Crippen molar-refractivity contribution in [2.75, 3.05) is 5.32 Å². The van der Waals surface area contributed by atoms with Crippen LogP contribution in [-0.4, -0.2) is 25.7 Å². The first-order chi connectivity index (χ1) is 15.4. The third kappa shape index (κ3) is 4.64. The lowest BCUT2D eigenvalue weighted by molar-refractivity contribution is 0.102. The van der Waals surface area contributed by atoms with Crippen molar-refractivity contribution in [2.45, 2.75) is 26.8 Å². The summed E-state index contributed by atoms with van der Waals surface area (Å²) in [6.45, 7) is 5.90. The Bertz CT molecular complexity index is 1270. The van der Waals surface area contributed by atoms with Gasteiger partial charge < -0.3 is 14.6 Å². The van der Waals surface area contributed by atoms with E-state index in [0.717, 1.165) is 11.3 Å². The zero-order chi connectivity index (χ0) is 22.7. The lowest BCUT2D eigenvalue weighted by Crippen LogP contribution is -2.14. The fourth-order valence-electron chi connectivity index (χ4n) is 3.20. The molecule has 1 N–H and O–H groups in total. The molecule has 0 aliphatic rings. The van der Waals surface area contributed by atoms with Crippen molar-refractivity contribution in [1.29, 1.82) is 0 Å². The fraction of sp³-hybridized carbons (Fsp3) is 0.167. The number of amides is 1. The van der Waals surface area contributed by atoms with Crippen LogP contribution in [0.25, 0.3) is 11.4 Å². The summed E-state index contributed by atoms with van der Waals surface area (Å²) in [5.41, 5.74) is 1.95. The van der Waals surface area contributed by atoms with Crippen molar-refractivity contribution in [3.05, 3.63) is 84.1 Å². The number of rotatable bonds is 6. The summed E-state index contributed by atoms with van der Waals surface area (Å²) in [4.78, 5) is 17.1. The number of nitrogens with one attached hydrogen (secondary N) is 1. The number of nitrogens with zero attached hydrogens (tertiary/aromatic N) is 4. The highest BCUT2D eigenvalue weighted by atomic mass is 19.1. The highest BCUT2D eigenvalue weighted by Crippen LogP contribution is 2.25. The second kappa shape index (κ2) is 8.97. The van der Waals surface area contributed by atoms with Crippen LogP contribution < -0.4 is 10.1 Å². The van der Waals surface area contributed by atoms with Gasteiger partial charge in [0.1, 0.15) is 17.9 Å². The molecule has 0 aliphatic carbocycles. The van der Waals surface area contributed by atoms with E-state index in [1.807, 2.05) is 43.5 Å². The summed E-state index contributed by atoms with van der Waals surface area (Å²) in [7, 11) is 0. The van der Waals surface area contributed by atoms with Gasteiger partial charge in [0.15, 0.2) is 5.82 Å². The predicted molar refractivity (Wildman–Crippen MR) is 119 cm³/mol. The number of pyridine rings is 1. The Morgan fingerprint density at radius 2 is 1.91 bits per heavy atom. The average Bonchev–Trinajstić information content (AvgIpc) is 3.26. The van der Waals surface area contributed by atoms with Crippen LogP contribution in [0.4, 0.5) is 10.1 Å². The molecular weight excluding hydrogens is 409 g/mol. The monoisotopic (exact) mass is 431 g/mol. The van der Waals surface area contributed by atoms with E-state index in [1.165, 1.54) is 18.2 Å². The molecule has 0 radical (unpaired) electrons. The zero-order valence-electron chi connectivity index (χ0n) is 17.9. The van der Waals surface area contributed by atoms with E-state index in [9.17, 15) is 9.18 Å². The highest BCUT2D eigenvalue weighted by Gasteiger charge is 2.16. The third-order valence-electron chi connectivity index (χ3n) is 4.78. The molecule has 7 nitrogen and oxygen atoms in total. The van der Waals surface area contributed by atoms with Gasteiger partial charge >= 0.3 is 0 Å². The van der Waals surface area contributed by atoms with Gasteiger partial charge in [0.25, 0.3) is 5.91 Å². The van der Waals surface area contributed by atoms with Crippen LogP contribution in [0.3, 0.4) is 0 Å². The summed E-state index contributed by atoms with van der Waals surface area (Å²) in [5, 5.41) is 10.9. The molecule has 0 spiro atoms. The van der Waals surface area contributed by atoms with E-state index in [-0.39, 0.29) is 11.6 Å². The van der Waals surface area contributed by atoms with Crippen LogP contribution in [0.15, 0.2) is 67.0 Å². The molecule has 0 bridgehead atoms. The largest absolute Gasteiger partial charge is 0.439 e. The summed E-state index contributed by atoms with van der Waals surface area (Å²) in [6.07, 6.45) is 1.66. The number of halogens is 1. The smallest absolute Gasteiger partial charge is 0.258 e. The zero-order valence-corrected chi connectivity index (χ0v) is 17.9. The topological polar surface area (TPSA) is 81.9 Å². The molecule has 4 rings (SSSR count). The molecule has 0 fully saturated rings. The molecule has 0 aliphatic heterocycles. The SMILES string of the molecule is Cc1cccc(Oc2ccc(F)c(C(=O)Nc3cccc(-c4nncn4C(C)C)c3)c2)n1. The Labute approximate surface area is 184 Å². The maximum Gasteiger partial charge on any atom is 0.258 e. The Morgan fingerprint density at radius 1 is 1.09 bits per heavy atom. The summed E-state index contributed by atoms with van der Waals surface area (Å²) in [5.74, 6) is 0.122. The van der Waals surface area contributed by atoms with Crippen LogP contribution >= 0.6 is 0 Å². The van der Waals surface area contributed by atoms with Gasteiger partial charge in [0, 0.05) is 29.1 Å². The van der Waals surface area contributed by atoms with E-state index >= 15 is 0 Å². The normalized spacial score (nSPS) is 10.9. The van der Waals surface area contributed by atoms with Crippen LogP contribution in [0.2, 0.25) is 0 Å². The van der Waals surface area contributed by atoms with Crippen LogP contribution in [0, 0.1) is 12.7 Å². The van der Waals surface area contributed by atoms with Gasteiger partial charge in [-0.3, -0.25) is 4.79 Å². The Kier molecular flexibility index (Phi) is 5.93. The first-order valence-corrected chi connectivity index (χ1v) is 10.1. The number of hydrogen-bond donors (Lipinski definition) is 1. The first kappa shape index (κ1) is 21.2. The molecule has 8 heteroatoms. The number of benzene rings is 2. The van der Waals surface area contributed by atoms with Gasteiger partial charge in [-0.25, -0.2) is 9.37 Å². The van der Waals surface area contributed by atoms with Gasteiger partial charge in [-0.1, -0.05) is 18.2 Å². The standard InChI is InChI=1S/C24H22FN5O2/c1-15(2)30-14-26-29-23(30)17-7-5-8-18(12-17)28-24(31)20-13-19(10-11-21(20)25)32-22-9-4-6-16(3)27-22/h4-15H,1-3H3,(H,28,31). The number of carbonyl (C=O) groups excluding carboxylic acids is 1. The van der Waals surface area contributed by atoms with Crippen molar-refractivity contribution in [2.24, 2.45) is 0 Å². The molecule has 0 unspecified atom stereocenters. The first-order valence-electron chi connectivity index (χ1n) is 10.1. The maximum atomic E-state index is 14.4. The molecule has 0 atom stereocenters. The maximum absolute atomic E-state index is 14.4. The lowest BCUT2D eigenvalue weighted by atomic mass is 10.1. The average molecular weight is 431 g/mol. The van der Waals surface area contributed by atoms with Gasteiger partial charge in [0.2, 0.25) is 5.88 Å². The number of aromatic nitrogens is 4. The summed E-state index contributed by atoms with van der Waals surface area (Å²) >= 11 is 0. The van der Waals surface area contributed by atoms with E-state index in [1.54, 1.807) is 30.6 Å². The Balaban J connectivity index is 1.56. The number of hydrogen-bond acceptors (Lipinski definition) is 5. The molecule has 1 amide bonds. The molecule has 162 valence electrons. The Morgan fingerprint density at radius 3 is 2.69 bits per heavy atom. The molecule has 2 aromatic carbocycles. The van der Waals surface area contributed by atoms with Crippen molar-refractivity contribution in [1.82, 2.24) is 19.7 Å². The molecule has 4 aromatic rings. The van der Waals surface area contributed by atoms with E-state index in [2.05, 4.69) is 20.5 Å². The fourth-order valence-corrected chi connectivity index (χ4v) is 3.20. The van der Waals surface area contributed by atoms with Gasteiger partial charge in [-0.15, -0.1) is 10.2 Å². The summed E-state index contributed by atoms with van der Waals surface area (Å²) in [6, 6.07) is 16.7. The second-order valence-electron chi connectivity index (χ2n) is 7.55. The van der Waals surface area contributed by atoms with E-state index in [4.69, 9.17) is 4.74 Å². The minimum atomic E-state index is -0.650. The van der Waals surface area contributed by atoms with Gasteiger partial charge in [-0.05, 0) is 57.2 Å². The van der Waals surface area contributed by atoms with Crippen molar-refractivity contribution in [3.63, 3.8) is 0 Å². The number of aryl methyl sites for hydroxylation is 1. The third-order valence-corrected chi connectivity index (χ3v) is 4.78. The minimum absolute atomic E-state index is 0.133. The minimum Gasteiger partial charge on any atom is -0.439 e. The van der Waals surface area contributed by atoms with Crippen LogP contribution in [0.1, 0.15) is 35.9 Å². The molecule has 0 saturated carbocycles. The van der Waals surface area contributed by atoms with Gasteiger partial charge in [0.05, 0.1) is 5.56 Å². The van der Waals surface area contributed by atoms with Crippen molar-refractivity contribution in [3.8, 4) is 23.0 Å². The van der Waals surface area contributed by atoms with Crippen molar-refractivity contribution >= 4 is 11.6 Å². The molecular formula is C24H22FN5O2. The van der Waals surface area contributed by atoms with Crippen LogP contribution in [-0.2, 0) is 0 Å². The summed E-state index contributed by atoms with van der Waals surface area (Å²) < 4.78 is 22.0. The predicted octanol–water partition coefficient (Wildman–Crippen LogP) is 5.41. The molecule has 0 saturated heterocycles. The lowest BCUT2D eigenvalue weighted by Gasteiger charge is -2.12. The van der Waals surface area contributed by atoms with E-state index in [0.29, 0.717) is 23.1 Å². The Hall–Kier alpha value is -4.07. The van der Waals surface area contributed by atoms with E-state index < -0.39 is 11.7 Å². The molecule has 2 aromatic heterocycles. The molecule has 32 heavy (non-hydrogen) atoms. The highest BCUT2D eigenvalue weighted by molar-refractivity contribution is 6.05. The number of ether oxygens (including phenoxy) is 1. The van der Waals surface area contributed by atoms with Crippen molar-refractivity contribution < 1.29 is 13.9 Å².